The van der Waals surface area contributed by atoms with E-state index in [-0.39, 0.29) is 23.6 Å². The second kappa shape index (κ2) is 8.39. The Morgan fingerprint density at radius 3 is 2.65 bits per heavy atom. The van der Waals surface area contributed by atoms with E-state index >= 15 is 0 Å². The monoisotopic (exact) mass is 355 g/mol. The Morgan fingerprint density at radius 2 is 1.96 bits per heavy atom. The van der Waals surface area contributed by atoms with Gasteiger partial charge in [0.1, 0.15) is 5.82 Å². The van der Waals surface area contributed by atoms with E-state index in [1.807, 2.05) is 11.0 Å². The van der Waals surface area contributed by atoms with Gasteiger partial charge in [-0.2, -0.15) is 0 Å². The van der Waals surface area contributed by atoms with Gasteiger partial charge in [-0.15, -0.1) is 0 Å². The summed E-state index contributed by atoms with van der Waals surface area (Å²) in [4.78, 5) is 23.8. The summed E-state index contributed by atoms with van der Waals surface area (Å²) >= 11 is 0. The molecule has 3 rings (SSSR count). The number of aromatic nitrogens is 2. The zero-order valence-electron chi connectivity index (χ0n) is 15.5. The zero-order valence-corrected chi connectivity index (χ0v) is 15.5. The van der Waals surface area contributed by atoms with Gasteiger partial charge in [0.2, 0.25) is 5.91 Å². The molecule has 0 unspecified atom stereocenters. The van der Waals surface area contributed by atoms with Gasteiger partial charge in [0.25, 0.3) is 0 Å². The maximum Gasteiger partial charge on any atom is 0.225 e. The fourth-order valence-electron chi connectivity index (χ4n) is 3.65. The third-order valence-electron chi connectivity index (χ3n) is 5.27. The van der Waals surface area contributed by atoms with Crippen molar-refractivity contribution >= 4 is 5.91 Å². The number of halogens is 1. The van der Waals surface area contributed by atoms with Gasteiger partial charge >= 0.3 is 0 Å². The lowest BCUT2D eigenvalue weighted by molar-refractivity contribution is -0.137. The smallest absolute Gasteiger partial charge is 0.225 e. The molecule has 0 bridgehead atoms. The molecule has 138 valence electrons. The van der Waals surface area contributed by atoms with Crippen LogP contribution >= 0.6 is 0 Å². The van der Waals surface area contributed by atoms with E-state index in [4.69, 9.17) is 4.98 Å². The summed E-state index contributed by atoms with van der Waals surface area (Å²) in [6.45, 7) is 5.71. The number of piperidine rings is 1. The molecule has 0 spiro atoms. The average molecular weight is 355 g/mol. The first-order chi connectivity index (χ1) is 12.6. The fraction of sp³-hybridized carbons (Fsp3) is 0.476. The minimum atomic E-state index is -0.271. The molecule has 1 fully saturated rings. The predicted molar refractivity (Wildman–Crippen MR) is 100 cm³/mol. The average Bonchev–Trinajstić information content (AvgIpc) is 2.69. The number of benzene rings is 1. The highest BCUT2D eigenvalue weighted by atomic mass is 19.1. The lowest BCUT2D eigenvalue weighted by atomic mass is 9.92. The molecule has 0 aliphatic carbocycles. The highest BCUT2D eigenvalue weighted by Crippen LogP contribution is 2.28. The van der Waals surface area contributed by atoms with Gasteiger partial charge in [-0.1, -0.05) is 13.8 Å². The second-order valence-electron chi connectivity index (χ2n) is 6.95. The Labute approximate surface area is 154 Å². The van der Waals surface area contributed by atoms with Crippen LogP contribution < -0.4 is 0 Å². The first-order valence-corrected chi connectivity index (χ1v) is 9.50. The molecule has 1 atom stereocenters. The Balaban J connectivity index is 1.77. The van der Waals surface area contributed by atoms with E-state index in [0.29, 0.717) is 5.82 Å². The number of hydrogen-bond donors (Lipinski definition) is 0. The van der Waals surface area contributed by atoms with Crippen LogP contribution in [-0.2, 0) is 4.79 Å². The summed E-state index contributed by atoms with van der Waals surface area (Å²) in [7, 11) is 0. The van der Waals surface area contributed by atoms with Crippen molar-refractivity contribution < 1.29 is 9.18 Å². The van der Waals surface area contributed by atoms with Crippen molar-refractivity contribution in [2.45, 2.75) is 45.4 Å². The fourth-order valence-corrected chi connectivity index (χ4v) is 3.65. The normalized spacial score (nSPS) is 17.5. The molecule has 0 saturated carbocycles. The number of nitrogens with zero attached hydrogens (tertiary/aromatic N) is 3. The molecular weight excluding hydrogens is 329 g/mol. The minimum absolute atomic E-state index is 0.119. The number of amides is 1. The molecule has 2 aromatic rings. The maximum atomic E-state index is 13.1. The lowest BCUT2D eigenvalue weighted by Crippen LogP contribution is -2.42. The van der Waals surface area contributed by atoms with Crippen molar-refractivity contribution in [3.63, 3.8) is 0 Å². The third-order valence-corrected chi connectivity index (χ3v) is 5.27. The van der Waals surface area contributed by atoms with E-state index in [9.17, 15) is 9.18 Å². The van der Waals surface area contributed by atoms with E-state index in [0.717, 1.165) is 50.0 Å². The van der Waals surface area contributed by atoms with Gasteiger partial charge in [0, 0.05) is 42.4 Å². The SMILES string of the molecule is CCC(CC)C(=O)N1CCC[C@H](c2ccnc(-c3ccc(F)cc3)n2)C1. The molecule has 1 aliphatic rings. The van der Waals surface area contributed by atoms with E-state index in [1.54, 1.807) is 18.3 Å². The van der Waals surface area contributed by atoms with E-state index in [2.05, 4.69) is 18.8 Å². The van der Waals surface area contributed by atoms with Gasteiger partial charge in [0.15, 0.2) is 5.82 Å². The second-order valence-corrected chi connectivity index (χ2v) is 6.95. The molecule has 4 nitrogen and oxygen atoms in total. The molecule has 1 aromatic heterocycles. The summed E-state index contributed by atoms with van der Waals surface area (Å²) in [5, 5.41) is 0. The van der Waals surface area contributed by atoms with Crippen LogP contribution in [0, 0.1) is 11.7 Å². The molecule has 0 radical (unpaired) electrons. The molecule has 2 heterocycles. The van der Waals surface area contributed by atoms with Gasteiger partial charge in [-0.3, -0.25) is 4.79 Å². The summed E-state index contributed by atoms with van der Waals surface area (Å²) in [6, 6.07) is 8.16. The van der Waals surface area contributed by atoms with Crippen LogP contribution in [-0.4, -0.2) is 33.9 Å². The first-order valence-electron chi connectivity index (χ1n) is 9.50. The van der Waals surface area contributed by atoms with Crippen molar-refractivity contribution in [3.8, 4) is 11.4 Å². The van der Waals surface area contributed by atoms with Crippen LogP contribution in [0.2, 0.25) is 0 Å². The van der Waals surface area contributed by atoms with Gasteiger partial charge in [-0.05, 0) is 56.0 Å². The summed E-state index contributed by atoms with van der Waals surface area (Å²) in [5.41, 5.74) is 1.76. The molecule has 1 aromatic carbocycles. The third kappa shape index (κ3) is 4.09. The van der Waals surface area contributed by atoms with Crippen molar-refractivity contribution in [3.05, 3.63) is 48.0 Å². The topological polar surface area (TPSA) is 46.1 Å². The van der Waals surface area contributed by atoms with Gasteiger partial charge in [0.05, 0.1) is 0 Å². The minimum Gasteiger partial charge on any atom is -0.342 e. The van der Waals surface area contributed by atoms with E-state index in [1.165, 1.54) is 12.1 Å². The van der Waals surface area contributed by atoms with Crippen molar-refractivity contribution in [2.75, 3.05) is 13.1 Å². The number of likely N-dealkylation sites (tertiary alicyclic amines) is 1. The van der Waals surface area contributed by atoms with Crippen LogP contribution in [0.4, 0.5) is 4.39 Å². The predicted octanol–water partition coefficient (Wildman–Crippen LogP) is 4.42. The number of carbonyl (C=O) groups excluding carboxylic acids is 1. The quantitative estimate of drug-likeness (QED) is 0.797. The Morgan fingerprint density at radius 1 is 1.23 bits per heavy atom. The standard InChI is InChI=1S/C21H26FN3O/c1-3-15(4-2)21(26)25-13-5-6-17(14-25)19-11-12-23-20(24-19)16-7-9-18(22)10-8-16/h7-12,15,17H,3-6,13-14H2,1-2H3/t17-/m0/s1. The van der Waals surface area contributed by atoms with Crippen LogP contribution in [0.3, 0.4) is 0 Å². The van der Waals surface area contributed by atoms with Crippen LogP contribution in [0.1, 0.15) is 51.1 Å². The van der Waals surface area contributed by atoms with Crippen molar-refractivity contribution in [2.24, 2.45) is 5.92 Å². The molecular formula is C21H26FN3O. The number of hydrogen-bond acceptors (Lipinski definition) is 3. The first kappa shape index (κ1) is 18.5. The summed E-state index contributed by atoms with van der Waals surface area (Å²) < 4.78 is 13.1. The van der Waals surface area contributed by atoms with Crippen molar-refractivity contribution in [1.29, 1.82) is 0 Å². The van der Waals surface area contributed by atoms with E-state index < -0.39 is 0 Å². The largest absolute Gasteiger partial charge is 0.342 e. The molecule has 1 saturated heterocycles. The van der Waals surface area contributed by atoms with Crippen molar-refractivity contribution in [1.82, 2.24) is 14.9 Å². The van der Waals surface area contributed by atoms with Crippen LogP contribution in [0.25, 0.3) is 11.4 Å². The Bertz CT molecular complexity index is 743. The Hall–Kier alpha value is -2.30. The molecule has 5 heteroatoms. The van der Waals surface area contributed by atoms with Crippen LogP contribution in [0.5, 0.6) is 0 Å². The maximum absolute atomic E-state index is 13.1. The zero-order chi connectivity index (χ0) is 18.5. The van der Waals surface area contributed by atoms with Gasteiger partial charge < -0.3 is 4.90 Å². The lowest BCUT2D eigenvalue weighted by Gasteiger charge is -2.34. The summed E-state index contributed by atoms with van der Waals surface area (Å²) in [5.74, 6) is 0.949. The Kier molecular flexibility index (Phi) is 5.96. The highest BCUT2D eigenvalue weighted by Gasteiger charge is 2.28. The summed E-state index contributed by atoms with van der Waals surface area (Å²) in [6.07, 6.45) is 5.54. The van der Waals surface area contributed by atoms with Gasteiger partial charge in [-0.25, -0.2) is 14.4 Å². The molecule has 1 aliphatic heterocycles. The number of carbonyl (C=O) groups is 1. The molecule has 1 amide bonds. The highest BCUT2D eigenvalue weighted by molar-refractivity contribution is 5.79. The number of rotatable bonds is 5. The molecule has 26 heavy (non-hydrogen) atoms. The van der Waals surface area contributed by atoms with Crippen LogP contribution in [0.15, 0.2) is 36.5 Å². The molecule has 0 N–H and O–H groups in total.